The Bertz CT molecular complexity index is 415. The number of rotatable bonds is 4. The molecule has 0 saturated heterocycles. The van der Waals surface area contributed by atoms with Gasteiger partial charge in [0.05, 0.1) is 0 Å². The maximum absolute atomic E-state index is 13.4. The van der Waals surface area contributed by atoms with Gasteiger partial charge in [-0.2, -0.15) is 13.2 Å². The fourth-order valence-electron chi connectivity index (χ4n) is 1.57. The van der Waals surface area contributed by atoms with Crippen molar-refractivity contribution in [2.45, 2.75) is 25.1 Å². The Morgan fingerprint density at radius 1 is 1.06 bits per heavy atom. The van der Waals surface area contributed by atoms with Crippen LogP contribution >= 0.6 is 0 Å². The van der Waals surface area contributed by atoms with E-state index in [2.05, 4.69) is 5.32 Å². The lowest BCUT2D eigenvalue weighted by atomic mass is 10.0. The molecule has 1 unspecified atom stereocenters. The third-order valence-electron chi connectivity index (χ3n) is 2.48. The molecule has 0 bridgehead atoms. The van der Waals surface area contributed by atoms with Gasteiger partial charge in [-0.25, -0.2) is 13.2 Å². The predicted molar refractivity (Wildman–Crippen MR) is 53.4 cm³/mol. The van der Waals surface area contributed by atoms with Gasteiger partial charge in [0, 0.05) is 24.1 Å². The van der Waals surface area contributed by atoms with Gasteiger partial charge in [0.1, 0.15) is 5.82 Å². The highest BCUT2D eigenvalue weighted by molar-refractivity contribution is 5.23. The lowest BCUT2D eigenvalue weighted by Crippen LogP contribution is -2.21. The molecule has 0 radical (unpaired) electrons. The number of hydrogen-bond donors (Lipinski definition) is 1. The molecular formula is C11H11F6N. The quantitative estimate of drug-likeness (QED) is 0.650. The number of halogens is 6. The molecular weight excluding hydrogens is 260 g/mol. The summed E-state index contributed by atoms with van der Waals surface area (Å²) in [5.74, 6) is -3.74. The maximum Gasteiger partial charge on any atom is 0.389 e. The highest BCUT2D eigenvalue weighted by Gasteiger charge is 2.29. The third-order valence-corrected chi connectivity index (χ3v) is 2.48. The van der Waals surface area contributed by atoms with Gasteiger partial charge in [0.25, 0.3) is 0 Å². The van der Waals surface area contributed by atoms with Gasteiger partial charge < -0.3 is 5.32 Å². The number of alkyl halides is 3. The number of nitrogens with one attached hydrogen (secondary N) is 1. The molecule has 1 atom stereocenters. The SMILES string of the molecule is CNC(CCC(F)(F)F)c1cc(F)c(F)cc1F. The minimum Gasteiger partial charge on any atom is -0.313 e. The zero-order valence-corrected chi connectivity index (χ0v) is 9.41. The van der Waals surface area contributed by atoms with Crippen molar-refractivity contribution in [1.82, 2.24) is 5.32 Å². The van der Waals surface area contributed by atoms with Crippen LogP contribution in [-0.2, 0) is 0 Å². The summed E-state index contributed by atoms with van der Waals surface area (Å²) in [6, 6.07) is -0.133. The normalized spacial score (nSPS) is 13.7. The molecule has 0 heterocycles. The molecule has 1 aromatic carbocycles. The van der Waals surface area contributed by atoms with Crippen LogP contribution in [0, 0.1) is 17.5 Å². The van der Waals surface area contributed by atoms with Gasteiger partial charge in [0.2, 0.25) is 0 Å². The Hall–Kier alpha value is -1.24. The third kappa shape index (κ3) is 3.90. The van der Waals surface area contributed by atoms with Crippen LogP contribution < -0.4 is 5.32 Å². The second-order valence-electron chi connectivity index (χ2n) is 3.78. The first-order valence-electron chi connectivity index (χ1n) is 5.13. The van der Waals surface area contributed by atoms with E-state index in [1.165, 1.54) is 7.05 Å². The van der Waals surface area contributed by atoms with Crippen LogP contribution in [0.15, 0.2) is 12.1 Å². The molecule has 0 amide bonds. The molecule has 0 aromatic heterocycles. The Labute approximate surface area is 99.8 Å². The summed E-state index contributed by atoms with van der Waals surface area (Å²) in [4.78, 5) is 0. The molecule has 1 rings (SSSR count). The fraction of sp³-hybridized carbons (Fsp3) is 0.455. The summed E-state index contributed by atoms with van der Waals surface area (Å²) in [7, 11) is 1.32. The Morgan fingerprint density at radius 2 is 1.61 bits per heavy atom. The Balaban J connectivity index is 2.92. The molecule has 0 aliphatic rings. The first-order chi connectivity index (χ1) is 8.24. The zero-order chi connectivity index (χ0) is 13.9. The molecule has 1 nitrogen and oxygen atoms in total. The molecule has 0 aliphatic heterocycles. The van der Waals surface area contributed by atoms with Gasteiger partial charge in [-0.3, -0.25) is 0 Å². The van der Waals surface area contributed by atoms with E-state index in [0.717, 1.165) is 0 Å². The number of hydrogen-bond acceptors (Lipinski definition) is 1. The van der Waals surface area contributed by atoms with Crippen LogP contribution in [0.3, 0.4) is 0 Å². The highest BCUT2D eigenvalue weighted by Crippen LogP contribution is 2.29. The standard InChI is InChI=1S/C11H11F6N/c1-18-10(2-3-11(15,16)17)6-4-8(13)9(14)5-7(6)12/h4-5,10,18H,2-3H2,1H3. The average molecular weight is 271 g/mol. The van der Waals surface area contributed by atoms with Crippen molar-refractivity contribution >= 4 is 0 Å². The topological polar surface area (TPSA) is 12.0 Å². The molecule has 0 spiro atoms. The molecule has 18 heavy (non-hydrogen) atoms. The molecule has 0 fully saturated rings. The van der Waals surface area contributed by atoms with Crippen LogP contribution in [-0.4, -0.2) is 13.2 Å². The van der Waals surface area contributed by atoms with Crippen LogP contribution in [0.5, 0.6) is 0 Å². The summed E-state index contributed by atoms with van der Waals surface area (Å²) >= 11 is 0. The minimum absolute atomic E-state index is 0.319. The summed E-state index contributed by atoms with van der Waals surface area (Å²) in [5, 5.41) is 2.45. The Kier molecular flexibility index (Phi) is 4.61. The summed E-state index contributed by atoms with van der Waals surface area (Å²) in [5.41, 5.74) is -0.319. The maximum atomic E-state index is 13.4. The van der Waals surface area contributed by atoms with E-state index in [-0.39, 0.29) is 5.56 Å². The molecule has 1 aromatic rings. The largest absolute Gasteiger partial charge is 0.389 e. The van der Waals surface area contributed by atoms with Gasteiger partial charge in [-0.15, -0.1) is 0 Å². The summed E-state index contributed by atoms with van der Waals surface area (Å²) in [6.07, 6.45) is -5.98. The zero-order valence-electron chi connectivity index (χ0n) is 9.41. The average Bonchev–Trinajstić information content (AvgIpc) is 2.24. The van der Waals surface area contributed by atoms with Crippen LogP contribution in [0.2, 0.25) is 0 Å². The lowest BCUT2D eigenvalue weighted by molar-refractivity contribution is -0.136. The summed E-state index contributed by atoms with van der Waals surface area (Å²) < 4.78 is 75.2. The van der Waals surface area contributed by atoms with Gasteiger partial charge in [-0.1, -0.05) is 0 Å². The van der Waals surface area contributed by atoms with Crippen LogP contribution in [0.25, 0.3) is 0 Å². The molecule has 102 valence electrons. The van der Waals surface area contributed by atoms with Crippen molar-refractivity contribution in [3.05, 3.63) is 35.1 Å². The van der Waals surface area contributed by atoms with Crippen molar-refractivity contribution in [3.8, 4) is 0 Å². The second-order valence-corrected chi connectivity index (χ2v) is 3.78. The fourth-order valence-corrected chi connectivity index (χ4v) is 1.57. The molecule has 0 saturated carbocycles. The van der Waals surface area contributed by atoms with E-state index in [1.54, 1.807) is 0 Å². The van der Waals surface area contributed by atoms with Crippen molar-refractivity contribution in [2.75, 3.05) is 7.05 Å². The Morgan fingerprint density at radius 3 is 2.11 bits per heavy atom. The summed E-state index contributed by atoms with van der Waals surface area (Å²) in [6.45, 7) is 0. The molecule has 1 N–H and O–H groups in total. The van der Waals surface area contributed by atoms with Crippen molar-refractivity contribution in [3.63, 3.8) is 0 Å². The van der Waals surface area contributed by atoms with Crippen molar-refractivity contribution in [2.24, 2.45) is 0 Å². The highest BCUT2D eigenvalue weighted by atomic mass is 19.4. The molecule has 7 heteroatoms. The smallest absolute Gasteiger partial charge is 0.313 e. The predicted octanol–water partition coefficient (Wildman–Crippen LogP) is 3.71. The van der Waals surface area contributed by atoms with E-state index in [0.29, 0.717) is 12.1 Å². The van der Waals surface area contributed by atoms with Gasteiger partial charge in [0.15, 0.2) is 11.6 Å². The van der Waals surface area contributed by atoms with E-state index in [4.69, 9.17) is 0 Å². The van der Waals surface area contributed by atoms with Crippen molar-refractivity contribution < 1.29 is 26.3 Å². The van der Waals surface area contributed by atoms with E-state index in [9.17, 15) is 26.3 Å². The first kappa shape index (κ1) is 14.8. The van der Waals surface area contributed by atoms with Crippen LogP contribution in [0.4, 0.5) is 26.3 Å². The van der Waals surface area contributed by atoms with Gasteiger partial charge >= 0.3 is 6.18 Å². The first-order valence-corrected chi connectivity index (χ1v) is 5.13. The van der Waals surface area contributed by atoms with E-state index < -0.39 is 42.5 Å². The van der Waals surface area contributed by atoms with Gasteiger partial charge in [-0.05, 0) is 19.5 Å². The van der Waals surface area contributed by atoms with Crippen LogP contribution in [0.1, 0.15) is 24.4 Å². The number of benzene rings is 1. The molecule has 0 aliphatic carbocycles. The lowest BCUT2D eigenvalue weighted by Gasteiger charge is -2.18. The second kappa shape index (κ2) is 5.60. The van der Waals surface area contributed by atoms with E-state index in [1.807, 2.05) is 0 Å². The van der Waals surface area contributed by atoms with Crippen molar-refractivity contribution in [1.29, 1.82) is 0 Å². The minimum atomic E-state index is -4.38. The van der Waals surface area contributed by atoms with E-state index >= 15 is 0 Å². The monoisotopic (exact) mass is 271 g/mol.